The molecule has 31 heavy (non-hydrogen) atoms. The Morgan fingerprint density at radius 2 is 1.71 bits per heavy atom. The van der Waals surface area contributed by atoms with Crippen molar-refractivity contribution in [2.45, 2.75) is 20.0 Å². The summed E-state index contributed by atoms with van der Waals surface area (Å²) in [7, 11) is 3.27. The molecule has 0 saturated carbocycles. The van der Waals surface area contributed by atoms with Gasteiger partial charge < -0.3 is 10.0 Å². The van der Waals surface area contributed by atoms with E-state index in [0.717, 1.165) is 5.56 Å². The lowest BCUT2D eigenvalue weighted by Gasteiger charge is -2.31. The highest BCUT2D eigenvalue weighted by molar-refractivity contribution is 5.95. The molecule has 2 amide bonds. The highest BCUT2D eigenvalue weighted by Gasteiger charge is 2.27. The molecular weight excluding hydrogens is 398 g/mol. The molecule has 2 aromatic carbocycles. The fourth-order valence-corrected chi connectivity index (χ4v) is 3.62. The largest absolute Gasteiger partial charge is 0.480 e. The quantitative estimate of drug-likeness (QED) is 0.545. The van der Waals surface area contributed by atoms with Gasteiger partial charge in [-0.1, -0.05) is 30.3 Å². The van der Waals surface area contributed by atoms with Crippen molar-refractivity contribution >= 4 is 23.5 Å². The number of benzene rings is 2. The molecule has 0 saturated heterocycles. The zero-order chi connectivity index (χ0) is 22.5. The standard InChI is InChI=1S/C22H27N5O4/c1-15-8-9-16(22(31)24-23-2)10-19(15)26(14-21(29)30)13-20(28)25(3)27-11-17-6-4-5-7-18(17)12-27/h4-10,23H,11-14H2,1-3H3,(H,24,31)(H,29,30). The summed E-state index contributed by atoms with van der Waals surface area (Å²) in [5.74, 6) is -1.65. The number of carbonyl (C=O) groups excluding carboxylic acids is 2. The van der Waals surface area contributed by atoms with Crippen LogP contribution < -0.4 is 15.8 Å². The minimum Gasteiger partial charge on any atom is -0.480 e. The first-order chi connectivity index (χ1) is 14.8. The molecule has 164 valence electrons. The van der Waals surface area contributed by atoms with Gasteiger partial charge in [-0.25, -0.2) is 10.4 Å². The van der Waals surface area contributed by atoms with Gasteiger partial charge in [0.05, 0.1) is 6.54 Å². The van der Waals surface area contributed by atoms with Crippen LogP contribution >= 0.6 is 0 Å². The van der Waals surface area contributed by atoms with Gasteiger partial charge in [0, 0.05) is 38.4 Å². The molecule has 0 aromatic heterocycles. The van der Waals surface area contributed by atoms with Crippen molar-refractivity contribution < 1.29 is 19.5 Å². The fraction of sp³-hybridized carbons (Fsp3) is 0.318. The smallest absolute Gasteiger partial charge is 0.323 e. The number of aryl methyl sites for hydroxylation is 1. The Kier molecular flexibility index (Phi) is 6.88. The van der Waals surface area contributed by atoms with Crippen LogP contribution in [0.25, 0.3) is 0 Å². The molecule has 0 atom stereocenters. The number of hydrogen-bond acceptors (Lipinski definition) is 6. The number of carbonyl (C=O) groups is 3. The lowest BCUT2D eigenvalue weighted by molar-refractivity contribution is -0.145. The van der Waals surface area contributed by atoms with E-state index in [9.17, 15) is 19.5 Å². The number of hydrazine groups is 2. The number of amides is 2. The Labute approximate surface area is 181 Å². The predicted octanol–water partition coefficient (Wildman–Crippen LogP) is 1.14. The molecule has 0 fully saturated rings. The van der Waals surface area contributed by atoms with Crippen LogP contribution in [-0.4, -0.2) is 60.1 Å². The summed E-state index contributed by atoms with van der Waals surface area (Å²) in [4.78, 5) is 38.2. The first-order valence-electron chi connectivity index (χ1n) is 9.92. The first kappa shape index (κ1) is 22.3. The van der Waals surface area contributed by atoms with Gasteiger partial charge in [0.1, 0.15) is 6.54 Å². The van der Waals surface area contributed by atoms with Crippen molar-refractivity contribution in [1.29, 1.82) is 0 Å². The molecule has 0 unspecified atom stereocenters. The second kappa shape index (κ2) is 9.59. The zero-order valence-electron chi connectivity index (χ0n) is 17.9. The van der Waals surface area contributed by atoms with E-state index in [1.807, 2.05) is 36.2 Å². The van der Waals surface area contributed by atoms with E-state index < -0.39 is 5.97 Å². The number of rotatable bonds is 8. The summed E-state index contributed by atoms with van der Waals surface area (Å²) in [5, 5.41) is 12.9. The topological polar surface area (TPSA) is 105 Å². The van der Waals surface area contributed by atoms with Crippen LogP contribution in [-0.2, 0) is 22.7 Å². The number of likely N-dealkylation sites (N-methyl/N-ethyl adjacent to an activating group) is 1. The number of anilines is 1. The maximum atomic E-state index is 13.0. The van der Waals surface area contributed by atoms with Gasteiger partial charge in [-0.2, -0.15) is 0 Å². The monoisotopic (exact) mass is 425 g/mol. The van der Waals surface area contributed by atoms with Gasteiger partial charge in [0.25, 0.3) is 11.8 Å². The minimum atomic E-state index is -1.06. The van der Waals surface area contributed by atoms with Crippen molar-refractivity contribution in [2.24, 2.45) is 0 Å². The Bertz CT molecular complexity index is 969. The van der Waals surface area contributed by atoms with Crippen molar-refractivity contribution in [2.75, 3.05) is 32.1 Å². The third kappa shape index (κ3) is 5.19. The van der Waals surface area contributed by atoms with Gasteiger partial charge in [-0.05, 0) is 35.7 Å². The van der Waals surface area contributed by atoms with Gasteiger partial charge in [-0.3, -0.25) is 24.8 Å². The number of fused-ring (bicyclic) bond motifs is 1. The van der Waals surface area contributed by atoms with E-state index in [1.165, 1.54) is 16.0 Å². The Morgan fingerprint density at radius 3 is 2.29 bits per heavy atom. The lowest BCUT2D eigenvalue weighted by atomic mass is 10.1. The molecule has 9 heteroatoms. The summed E-state index contributed by atoms with van der Waals surface area (Å²) in [6.07, 6.45) is 0. The van der Waals surface area contributed by atoms with Crippen molar-refractivity contribution in [3.05, 3.63) is 64.7 Å². The maximum absolute atomic E-state index is 13.0. The van der Waals surface area contributed by atoms with Crippen molar-refractivity contribution in [1.82, 2.24) is 20.9 Å². The zero-order valence-corrected chi connectivity index (χ0v) is 17.9. The molecule has 0 aliphatic carbocycles. The number of hydrogen-bond donors (Lipinski definition) is 3. The Morgan fingerprint density at radius 1 is 1.06 bits per heavy atom. The molecule has 9 nitrogen and oxygen atoms in total. The summed E-state index contributed by atoms with van der Waals surface area (Å²) >= 11 is 0. The predicted molar refractivity (Wildman–Crippen MR) is 116 cm³/mol. The summed E-state index contributed by atoms with van der Waals surface area (Å²) in [6.45, 7) is 2.56. The van der Waals surface area contributed by atoms with Crippen LogP contribution in [0.15, 0.2) is 42.5 Å². The molecular formula is C22H27N5O4. The molecule has 0 spiro atoms. The van der Waals surface area contributed by atoms with E-state index in [4.69, 9.17) is 0 Å². The SMILES string of the molecule is CNNC(=O)c1ccc(C)c(N(CC(=O)O)CC(=O)N(C)N2Cc3ccccc3C2)c1. The number of carboxylic acid groups (broad SMARTS) is 1. The average molecular weight is 425 g/mol. The minimum absolute atomic E-state index is 0.131. The average Bonchev–Trinajstić information content (AvgIpc) is 3.17. The number of aliphatic carboxylic acids is 1. The molecule has 1 heterocycles. The number of nitrogens with zero attached hydrogens (tertiary/aromatic N) is 3. The van der Waals surface area contributed by atoms with Crippen LogP contribution in [0.4, 0.5) is 5.69 Å². The normalized spacial score (nSPS) is 12.9. The molecule has 1 aliphatic heterocycles. The Balaban J connectivity index is 1.79. The molecule has 2 aromatic rings. The molecule has 0 bridgehead atoms. The maximum Gasteiger partial charge on any atom is 0.323 e. The van der Waals surface area contributed by atoms with Crippen molar-refractivity contribution in [3.63, 3.8) is 0 Å². The third-order valence-corrected chi connectivity index (χ3v) is 5.31. The second-order valence-electron chi connectivity index (χ2n) is 7.46. The molecule has 3 rings (SSSR count). The van der Waals surface area contributed by atoms with Crippen molar-refractivity contribution in [3.8, 4) is 0 Å². The van der Waals surface area contributed by atoms with E-state index in [1.54, 1.807) is 37.3 Å². The summed E-state index contributed by atoms with van der Waals surface area (Å²) in [5.41, 5.74) is 9.06. The summed E-state index contributed by atoms with van der Waals surface area (Å²) in [6, 6.07) is 13.0. The molecule has 0 radical (unpaired) electrons. The number of nitrogens with one attached hydrogen (secondary N) is 2. The van der Waals surface area contributed by atoms with Crippen LogP contribution in [0.3, 0.4) is 0 Å². The van der Waals surface area contributed by atoms with Crippen LogP contribution in [0.2, 0.25) is 0 Å². The highest BCUT2D eigenvalue weighted by atomic mass is 16.4. The van der Waals surface area contributed by atoms with Gasteiger partial charge >= 0.3 is 5.97 Å². The van der Waals surface area contributed by atoms with Gasteiger partial charge in [0.15, 0.2) is 0 Å². The van der Waals surface area contributed by atoms with E-state index in [0.29, 0.717) is 24.3 Å². The van der Waals surface area contributed by atoms with E-state index >= 15 is 0 Å². The summed E-state index contributed by atoms with van der Waals surface area (Å²) < 4.78 is 0. The van der Waals surface area contributed by atoms with Gasteiger partial charge in [0.2, 0.25) is 0 Å². The van der Waals surface area contributed by atoms with Crippen LogP contribution in [0.5, 0.6) is 0 Å². The van der Waals surface area contributed by atoms with E-state index in [2.05, 4.69) is 10.9 Å². The van der Waals surface area contributed by atoms with Crippen LogP contribution in [0, 0.1) is 6.92 Å². The first-order valence-corrected chi connectivity index (χ1v) is 9.92. The molecule has 1 aliphatic rings. The molecule has 3 N–H and O–H groups in total. The highest BCUT2D eigenvalue weighted by Crippen LogP contribution is 2.25. The van der Waals surface area contributed by atoms with E-state index in [-0.39, 0.29) is 24.9 Å². The second-order valence-corrected chi connectivity index (χ2v) is 7.46. The lowest BCUT2D eigenvalue weighted by Crippen LogP contribution is -2.47. The Hall–Kier alpha value is -3.43. The van der Waals surface area contributed by atoms with Gasteiger partial charge in [-0.15, -0.1) is 0 Å². The van der Waals surface area contributed by atoms with Crippen LogP contribution in [0.1, 0.15) is 27.0 Å². The third-order valence-electron chi connectivity index (χ3n) is 5.31. The number of carboxylic acids is 1. The fourth-order valence-electron chi connectivity index (χ4n) is 3.62.